The minimum absolute atomic E-state index is 0.0741. The van der Waals surface area contributed by atoms with Gasteiger partial charge in [0.1, 0.15) is 0 Å². The van der Waals surface area contributed by atoms with Gasteiger partial charge < -0.3 is 10.0 Å². The Labute approximate surface area is 207 Å². The van der Waals surface area contributed by atoms with Crippen LogP contribution in [0.1, 0.15) is 52.9 Å². The molecule has 1 heterocycles. The number of hydrogen-bond acceptors (Lipinski definition) is 4. The summed E-state index contributed by atoms with van der Waals surface area (Å²) in [5, 5.41) is 12.0. The SMILES string of the molecule is CCCN(C)Cc1ccc(CN=C(c2ccccc2)c2c(O)n(C(C)=O)c3cc(C)ccc23)cc1. The van der Waals surface area contributed by atoms with Gasteiger partial charge in [-0.25, -0.2) is 0 Å². The third kappa shape index (κ3) is 5.36. The van der Waals surface area contributed by atoms with Gasteiger partial charge in [0.25, 0.3) is 0 Å². The zero-order valence-corrected chi connectivity index (χ0v) is 21.0. The van der Waals surface area contributed by atoms with Crippen molar-refractivity contribution in [2.75, 3.05) is 13.6 Å². The van der Waals surface area contributed by atoms with Crippen molar-refractivity contribution >= 4 is 22.5 Å². The van der Waals surface area contributed by atoms with E-state index in [4.69, 9.17) is 4.99 Å². The summed E-state index contributed by atoms with van der Waals surface area (Å²) in [7, 11) is 2.14. The molecular formula is C30H33N3O2. The monoisotopic (exact) mass is 467 g/mol. The van der Waals surface area contributed by atoms with Crippen LogP contribution in [0.15, 0.2) is 77.8 Å². The molecule has 0 bridgehead atoms. The highest BCUT2D eigenvalue weighted by molar-refractivity contribution is 6.22. The van der Waals surface area contributed by atoms with Crippen LogP contribution in [0.3, 0.4) is 0 Å². The summed E-state index contributed by atoms with van der Waals surface area (Å²) in [5.74, 6) is -0.310. The van der Waals surface area contributed by atoms with Gasteiger partial charge in [0.05, 0.1) is 23.3 Å². The molecule has 0 fully saturated rings. The molecule has 180 valence electrons. The van der Waals surface area contributed by atoms with Crippen molar-refractivity contribution in [2.24, 2.45) is 4.99 Å². The van der Waals surface area contributed by atoms with E-state index in [1.165, 1.54) is 17.1 Å². The lowest BCUT2D eigenvalue weighted by Crippen LogP contribution is -2.18. The van der Waals surface area contributed by atoms with E-state index in [-0.39, 0.29) is 11.8 Å². The fourth-order valence-electron chi connectivity index (χ4n) is 4.54. The van der Waals surface area contributed by atoms with Crippen LogP contribution in [-0.2, 0) is 13.1 Å². The van der Waals surface area contributed by atoms with E-state index in [2.05, 4.69) is 43.1 Å². The summed E-state index contributed by atoms with van der Waals surface area (Å²) in [6.07, 6.45) is 1.14. The fourth-order valence-corrected chi connectivity index (χ4v) is 4.54. The number of aromatic nitrogens is 1. The summed E-state index contributed by atoms with van der Waals surface area (Å²) < 4.78 is 1.37. The maximum Gasteiger partial charge on any atom is 0.230 e. The highest BCUT2D eigenvalue weighted by Gasteiger charge is 2.23. The van der Waals surface area contributed by atoms with Crippen LogP contribution in [-0.4, -0.2) is 39.8 Å². The zero-order valence-electron chi connectivity index (χ0n) is 21.0. The quantitative estimate of drug-likeness (QED) is 0.314. The lowest BCUT2D eigenvalue weighted by atomic mass is 10.00. The van der Waals surface area contributed by atoms with Crippen LogP contribution in [0.5, 0.6) is 5.88 Å². The van der Waals surface area contributed by atoms with Crippen LogP contribution in [0.2, 0.25) is 0 Å². The molecular weight excluding hydrogens is 434 g/mol. The third-order valence-electron chi connectivity index (χ3n) is 6.20. The molecule has 3 aromatic carbocycles. The van der Waals surface area contributed by atoms with Gasteiger partial charge in [-0.05, 0) is 49.7 Å². The average Bonchev–Trinajstić information content (AvgIpc) is 3.12. The topological polar surface area (TPSA) is 57.8 Å². The number of hydrogen-bond donors (Lipinski definition) is 1. The maximum absolute atomic E-state index is 12.5. The average molecular weight is 468 g/mol. The highest BCUT2D eigenvalue weighted by Crippen LogP contribution is 2.34. The number of aryl methyl sites for hydroxylation is 1. The minimum atomic E-state index is -0.236. The third-order valence-corrected chi connectivity index (χ3v) is 6.20. The Morgan fingerprint density at radius 3 is 2.34 bits per heavy atom. The zero-order chi connectivity index (χ0) is 24.9. The Morgan fingerprint density at radius 2 is 1.69 bits per heavy atom. The minimum Gasteiger partial charge on any atom is -0.494 e. The molecule has 0 spiro atoms. The molecule has 0 aliphatic heterocycles. The summed E-state index contributed by atoms with van der Waals surface area (Å²) in [6, 6.07) is 24.2. The van der Waals surface area contributed by atoms with Crippen molar-refractivity contribution in [2.45, 2.75) is 40.3 Å². The predicted molar refractivity (Wildman–Crippen MR) is 143 cm³/mol. The second-order valence-corrected chi connectivity index (χ2v) is 9.16. The molecule has 35 heavy (non-hydrogen) atoms. The van der Waals surface area contributed by atoms with E-state index < -0.39 is 0 Å². The molecule has 4 rings (SSSR count). The normalized spacial score (nSPS) is 12.0. The van der Waals surface area contributed by atoms with Gasteiger partial charge in [-0.2, -0.15) is 0 Å². The van der Waals surface area contributed by atoms with Crippen molar-refractivity contribution < 1.29 is 9.90 Å². The lowest BCUT2D eigenvalue weighted by molar-refractivity contribution is 0.0933. The summed E-state index contributed by atoms with van der Waals surface area (Å²) in [6.45, 7) is 8.09. The number of carbonyl (C=O) groups excluding carboxylic acids is 1. The van der Waals surface area contributed by atoms with E-state index in [0.717, 1.165) is 41.6 Å². The molecule has 5 heteroatoms. The maximum atomic E-state index is 12.5. The van der Waals surface area contributed by atoms with Gasteiger partial charge in [-0.3, -0.25) is 14.4 Å². The van der Waals surface area contributed by atoms with Crippen molar-refractivity contribution in [3.63, 3.8) is 0 Å². The van der Waals surface area contributed by atoms with Crippen molar-refractivity contribution in [1.82, 2.24) is 9.47 Å². The standard InChI is InChI=1S/C30H33N3O2/c1-5-17-32(4)20-24-14-12-23(13-15-24)19-31-29(25-9-7-6-8-10-25)28-26-16-11-21(2)18-27(26)33(22(3)34)30(28)35/h6-16,18,35H,5,17,19-20H2,1-4H3. The van der Waals surface area contributed by atoms with Gasteiger partial charge in [0.15, 0.2) is 0 Å². The molecule has 0 unspecified atom stereocenters. The summed E-state index contributed by atoms with van der Waals surface area (Å²) in [5.41, 5.74) is 6.22. The largest absolute Gasteiger partial charge is 0.494 e. The number of nitrogens with zero attached hydrogens (tertiary/aromatic N) is 3. The Kier molecular flexibility index (Phi) is 7.47. The summed E-state index contributed by atoms with van der Waals surface area (Å²) in [4.78, 5) is 19.7. The van der Waals surface area contributed by atoms with Gasteiger partial charge in [-0.1, -0.05) is 73.7 Å². The number of fused-ring (bicyclic) bond motifs is 1. The molecule has 4 aromatic rings. The first-order valence-electron chi connectivity index (χ1n) is 12.1. The number of aromatic hydroxyl groups is 1. The van der Waals surface area contributed by atoms with E-state index >= 15 is 0 Å². The molecule has 0 atom stereocenters. The first-order valence-corrected chi connectivity index (χ1v) is 12.1. The Balaban J connectivity index is 1.76. The van der Waals surface area contributed by atoms with Crippen LogP contribution in [0.4, 0.5) is 0 Å². The van der Waals surface area contributed by atoms with Crippen LogP contribution in [0, 0.1) is 6.92 Å². The second kappa shape index (κ2) is 10.7. The lowest BCUT2D eigenvalue weighted by Gasteiger charge is -2.15. The van der Waals surface area contributed by atoms with Gasteiger partial charge in [0.2, 0.25) is 11.8 Å². The molecule has 0 aliphatic carbocycles. The second-order valence-electron chi connectivity index (χ2n) is 9.16. The van der Waals surface area contributed by atoms with Crippen LogP contribution < -0.4 is 0 Å². The van der Waals surface area contributed by atoms with E-state index in [0.29, 0.717) is 23.3 Å². The number of carbonyl (C=O) groups is 1. The first kappa shape index (κ1) is 24.4. The van der Waals surface area contributed by atoms with Gasteiger partial charge in [-0.15, -0.1) is 0 Å². The van der Waals surface area contributed by atoms with E-state index in [1.54, 1.807) is 0 Å². The van der Waals surface area contributed by atoms with Crippen molar-refractivity contribution in [3.8, 4) is 5.88 Å². The molecule has 1 N–H and O–H groups in total. The van der Waals surface area contributed by atoms with Crippen molar-refractivity contribution in [3.05, 3.63) is 101 Å². The number of rotatable bonds is 8. The first-order chi connectivity index (χ1) is 16.9. The number of benzene rings is 3. The Morgan fingerprint density at radius 1 is 1.00 bits per heavy atom. The highest BCUT2D eigenvalue weighted by atomic mass is 16.3. The smallest absolute Gasteiger partial charge is 0.230 e. The van der Waals surface area contributed by atoms with Gasteiger partial charge >= 0.3 is 0 Å². The molecule has 0 aliphatic rings. The molecule has 0 amide bonds. The van der Waals surface area contributed by atoms with E-state index in [9.17, 15) is 9.90 Å². The molecule has 0 radical (unpaired) electrons. The summed E-state index contributed by atoms with van der Waals surface area (Å²) >= 11 is 0. The van der Waals surface area contributed by atoms with Gasteiger partial charge in [0, 0.05) is 24.4 Å². The Hall–Kier alpha value is -3.70. The molecule has 0 saturated heterocycles. The number of aliphatic imine (C=N–C) groups is 1. The van der Waals surface area contributed by atoms with Crippen molar-refractivity contribution in [1.29, 1.82) is 0 Å². The van der Waals surface area contributed by atoms with Crippen LogP contribution >= 0.6 is 0 Å². The fraction of sp³-hybridized carbons (Fsp3) is 0.267. The predicted octanol–water partition coefficient (Wildman–Crippen LogP) is 6.19. The Bertz CT molecular complexity index is 1350. The molecule has 5 nitrogen and oxygen atoms in total. The molecule has 1 aromatic heterocycles. The molecule has 0 saturated carbocycles. The van der Waals surface area contributed by atoms with Crippen LogP contribution in [0.25, 0.3) is 10.9 Å². The van der Waals surface area contributed by atoms with E-state index in [1.807, 2.05) is 55.5 Å².